The van der Waals surface area contributed by atoms with Crippen LogP contribution in [-0.4, -0.2) is 42.7 Å². The number of nitriles is 1. The van der Waals surface area contributed by atoms with Gasteiger partial charge in [0.05, 0.1) is 18.7 Å². The molecule has 5 nitrogen and oxygen atoms in total. The molecule has 1 atom stereocenters. The third-order valence-corrected chi connectivity index (χ3v) is 6.67. The van der Waals surface area contributed by atoms with Gasteiger partial charge >= 0.3 is 0 Å². The van der Waals surface area contributed by atoms with Gasteiger partial charge in [0.2, 0.25) is 0 Å². The Hall–Kier alpha value is -2.68. The van der Waals surface area contributed by atoms with Crippen LogP contribution < -0.4 is 9.47 Å². The number of benzene rings is 2. The minimum Gasteiger partial charge on any atom is -0.496 e. The smallest absolute Gasteiger partial charge is 0.126 e. The number of aryl methyl sites for hydroxylation is 1. The largest absolute Gasteiger partial charge is 0.496 e. The Balaban J connectivity index is 0.00000245. The van der Waals surface area contributed by atoms with Crippen molar-refractivity contribution in [1.29, 1.82) is 5.26 Å². The maximum Gasteiger partial charge on any atom is 0.126 e. The van der Waals surface area contributed by atoms with Crippen molar-refractivity contribution in [2.75, 3.05) is 26.8 Å². The number of halogens is 1. The van der Waals surface area contributed by atoms with Crippen LogP contribution in [-0.2, 0) is 12.8 Å². The van der Waals surface area contributed by atoms with Crippen LogP contribution in [0.3, 0.4) is 0 Å². The van der Waals surface area contributed by atoms with Gasteiger partial charge in [-0.1, -0.05) is 6.07 Å². The normalized spacial score (nSPS) is 17.3. The molecular formula is C26H30ClN3O2. The van der Waals surface area contributed by atoms with E-state index in [4.69, 9.17) is 9.47 Å². The number of nitrogens with one attached hydrogen (secondary N) is 1. The molecule has 3 aromatic rings. The predicted octanol–water partition coefficient (Wildman–Crippen LogP) is 5.12. The highest BCUT2D eigenvalue weighted by molar-refractivity contribution is 5.85. The van der Waals surface area contributed by atoms with Crippen molar-refractivity contribution >= 4 is 23.3 Å². The molecule has 2 aromatic carbocycles. The SMILES string of the molecule is COc1cccc2c1CC(N(CCCc1c[nH]c3ccc(C#N)cc13)CC1CC1)CO2.Cl. The first-order valence-corrected chi connectivity index (χ1v) is 11.3. The number of H-pyrrole nitrogens is 1. The fourth-order valence-electron chi connectivity index (χ4n) is 4.77. The second kappa shape index (κ2) is 9.85. The summed E-state index contributed by atoms with van der Waals surface area (Å²) in [6, 6.07) is 14.6. The molecule has 0 amide bonds. The number of methoxy groups -OCH3 is 1. The van der Waals surface area contributed by atoms with Crippen molar-refractivity contribution in [3.63, 3.8) is 0 Å². The average molecular weight is 452 g/mol. The van der Waals surface area contributed by atoms with Gasteiger partial charge in [0, 0.05) is 35.2 Å². The van der Waals surface area contributed by atoms with Crippen molar-refractivity contribution < 1.29 is 9.47 Å². The molecule has 2 aliphatic rings. The monoisotopic (exact) mass is 451 g/mol. The molecule has 1 fully saturated rings. The molecule has 1 aliphatic heterocycles. The lowest BCUT2D eigenvalue weighted by Gasteiger charge is -2.35. The van der Waals surface area contributed by atoms with Gasteiger partial charge in [-0.15, -0.1) is 12.4 Å². The standard InChI is InChI=1S/C26H29N3O2.ClH/c1-30-25-5-2-6-26-23(25)13-21(17-31-26)29(16-18-7-8-18)11-3-4-20-15-28-24-10-9-19(14-27)12-22(20)24;/h2,5-6,9-10,12,15,18,21,28H,3-4,7-8,11,13,16-17H2,1H3;1H. The van der Waals surface area contributed by atoms with E-state index in [0.717, 1.165) is 67.5 Å². The van der Waals surface area contributed by atoms with Crippen LogP contribution in [0.25, 0.3) is 10.9 Å². The molecule has 0 bridgehead atoms. The van der Waals surface area contributed by atoms with Gasteiger partial charge in [0.15, 0.2) is 0 Å². The van der Waals surface area contributed by atoms with Crippen LogP contribution in [0.5, 0.6) is 11.5 Å². The van der Waals surface area contributed by atoms with E-state index in [1.54, 1.807) is 7.11 Å². The van der Waals surface area contributed by atoms with Crippen molar-refractivity contribution in [1.82, 2.24) is 9.88 Å². The maximum absolute atomic E-state index is 9.23. The third-order valence-electron chi connectivity index (χ3n) is 6.67. The zero-order valence-electron chi connectivity index (χ0n) is 18.5. The van der Waals surface area contributed by atoms with Crippen LogP contribution in [0, 0.1) is 17.2 Å². The molecule has 1 N–H and O–H groups in total. The Morgan fingerprint density at radius 1 is 1.25 bits per heavy atom. The zero-order chi connectivity index (χ0) is 21.2. The molecule has 1 unspecified atom stereocenters. The van der Waals surface area contributed by atoms with E-state index in [1.807, 2.05) is 36.4 Å². The number of hydrogen-bond donors (Lipinski definition) is 1. The number of aromatic amines is 1. The third kappa shape index (κ3) is 4.72. The first kappa shape index (κ1) is 22.5. The van der Waals surface area contributed by atoms with Crippen LogP contribution in [0.15, 0.2) is 42.6 Å². The molecule has 5 rings (SSSR count). The van der Waals surface area contributed by atoms with Crippen LogP contribution in [0.2, 0.25) is 0 Å². The number of ether oxygens (including phenoxy) is 2. The highest BCUT2D eigenvalue weighted by atomic mass is 35.5. The second-order valence-corrected chi connectivity index (χ2v) is 8.83. The van der Waals surface area contributed by atoms with E-state index in [9.17, 15) is 5.26 Å². The maximum atomic E-state index is 9.23. The summed E-state index contributed by atoms with van der Waals surface area (Å²) in [4.78, 5) is 5.99. The fourth-order valence-corrected chi connectivity index (χ4v) is 4.77. The molecule has 1 saturated carbocycles. The van der Waals surface area contributed by atoms with E-state index in [0.29, 0.717) is 6.04 Å². The molecule has 0 saturated heterocycles. The van der Waals surface area contributed by atoms with Crippen molar-refractivity contribution in [2.45, 2.75) is 38.1 Å². The summed E-state index contributed by atoms with van der Waals surface area (Å²) in [5.41, 5.74) is 4.32. The Morgan fingerprint density at radius 2 is 2.12 bits per heavy atom. The topological polar surface area (TPSA) is 61.3 Å². The summed E-state index contributed by atoms with van der Waals surface area (Å²) in [6.07, 6.45) is 7.87. The Morgan fingerprint density at radius 3 is 2.91 bits per heavy atom. The van der Waals surface area contributed by atoms with Crippen molar-refractivity contribution in [3.8, 4) is 17.6 Å². The fraction of sp³-hybridized carbons (Fsp3) is 0.423. The molecule has 1 aromatic heterocycles. The van der Waals surface area contributed by atoms with Gasteiger partial charge in [-0.3, -0.25) is 4.90 Å². The Labute approximate surface area is 195 Å². The number of nitrogens with zero attached hydrogens (tertiary/aromatic N) is 2. The van der Waals surface area contributed by atoms with Crippen LogP contribution >= 0.6 is 12.4 Å². The van der Waals surface area contributed by atoms with Gasteiger partial charge in [-0.25, -0.2) is 0 Å². The minimum absolute atomic E-state index is 0. The second-order valence-electron chi connectivity index (χ2n) is 8.83. The number of aromatic nitrogens is 1. The van der Waals surface area contributed by atoms with Gasteiger partial charge in [-0.2, -0.15) is 5.26 Å². The summed E-state index contributed by atoms with van der Waals surface area (Å²) >= 11 is 0. The van der Waals surface area contributed by atoms with E-state index in [1.165, 1.54) is 29.4 Å². The van der Waals surface area contributed by atoms with E-state index in [-0.39, 0.29) is 12.4 Å². The van der Waals surface area contributed by atoms with Crippen LogP contribution in [0.4, 0.5) is 0 Å². The highest BCUT2D eigenvalue weighted by Crippen LogP contribution is 2.36. The molecule has 32 heavy (non-hydrogen) atoms. The molecule has 2 heterocycles. The lowest BCUT2D eigenvalue weighted by atomic mass is 9.99. The summed E-state index contributed by atoms with van der Waals surface area (Å²) < 4.78 is 11.7. The molecular weight excluding hydrogens is 422 g/mol. The Kier molecular flexibility index (Phi) is 6.93. The molecule has 1 aliphatic carbocycles. The zero-order valence-corrected chi connectivity index (χ0v) is 19.3. The lowest BCUT2D eigenvalue weighted by Crippen LogP contribution is -2.44. The lowest BCUT2D eigenvalue weighted by molar-refractivity contribution is 0.112. The van der Waals surface area contributed by atoms with Crippen molar-refractivity contribution in [3.05, 3.63) is 59.3 Å². The summed E-state index contributed by atoms with van der Waals surface area (Å²) in [5.74, 6) is 2.74. The van der Waals surface area contributed by atoms with Crippen LogP contribution in [0.1, 0.15) is 36.0 Å². The Bertz CT molecular complexity index is 1100. The molecule has 0 radical (unpaired) electrons. The molecule has 0 spiro atoms. The van der Waals surface area contributed by atoms with Crippen molar-refractivity contribution in [2.24, 2.45) is 5.92 Å². The first-order chi connectivity index (χ1) is 15.2. The van der Waals surface area contributed by atoms with E-state index in [2.05, 4.69) is 22.1 Å². The predicted molar refractivity (Wildman–Crippen MR) is 129 cm³/mol. The summed E-state index contributed by atoms with van der Waals surface area (Å²) in [7, 11) is 1.74. The average Bonchev–Trinajstić information content (AvgIpc) is 3.55. The number of fused-ring (bicyclic) bond motifs is 2. The van der Waals surface area contributed by atoms with Gasteiger partial charge in [0.25, 0.3) is 0 Å². The molecule has 6 heteroatoms. The highest BCUT2D eigenvalue weighted by Gasteiger charge is 2.31. The summed E-state index contributed by atoms with van der Waals surface area (Å²) in [6.45, 7) is 2.95. The molecule has 168 valence electrons. The first-order valence-electron chi connectivity index (χ1n) is 11.3. The van der Waals surface area contributed by atoms with E-state index < -0.39 is 0 Å². The number of hydrogen-bond acceptors (Lipinski definition) is 4. The summed E-state index contributed by atoms with van der Waals surface area (Å²) in [5, 5.41) is 10.4. The minimum atomic E-state index is 0. The quantitative estimate of drug-likeness (QED) is 0.516. The van der Waals surface area contributed by atoms with Gasteiger partial charge in [-0.05, 0) is 80.5 Å². The number of rotatable bonds is 8. The van der Waals surface area contributed by atoms with E-state index >= 15 is 0 Å². The van der Waals surface area contributed by atoms with Gasteiger partial charge in [0.1, 0.15) is 18.1 Å². The van der Waals surface area contributed by atoms with Gasteiger partial charge < -0.3 is 14.5 Å².